The number of aryl methyl sites for hydroxylation is 6. The molecule has 0 unspecified atom stereocenters. The number of anilines is 6. The molecule has 1 N–H and O–H groups in total. The molecule has 0 aliphatic carbocycles. The Morgan fingerprint density at radius 2 is 0.693 bits per heavy atom. The highest BCUT2D eigenvalue weighted by molar-refractivity contribution is 6.05. The third kappa shape index (κ3) is 21.0. The summed E-state index contributed by atoms with van der Waals surface area (Å²) in [5, 5.41) is 80.4. The number of rotatable bonds is 15. The van der Waals surface area contributed by atoms with E-state index in [0.29, 0.717) is 140 Å². The Kier molecular flexibility index (Phi) is 29.3. The molecule has 19 rings (SSSR count). The zero-order valence-corrected chi connectivity index (χ0v) is 76.4. The van der Waals surface area contributed by atoms with Crippen LogP contribution >= 0.6 is 0 Å². The van der Waals surface area contributed by atoms with E-state index in [4.69, 9.17) is 4.74 Å². The monoisotopic (exact) mass is 1900 g/mol. The van der Waals surface area contributed by atoms with Crippen LogP contribution in [-0.2, 0) is 73.5 Å². The van der Waals surface area contributed by atoms with Crippen LogP contribution in [0.15, 0.2) is 214 Å². The maximum Gasteiger partial charge on any atom is 0.417 e. The van der Waals surface area contributed by atoms with Gasteiger partial charge in [-0.05, 0) is 198 Å². The minimum atomic E-state index is -4.56. The molecule has 0 saturated carbocycles. The fourth-order valence-electron chi connectivity index (χ4n) is 17.6. The largest absolute Gasteiger partial charge is 0.506 e. The van der Waals surface area contributed by atoms with Gasteiger partial charge in [0.05, 0.1) is 54.6 Å². The zero-order valence-electron chi connectivity index (χ0n) is 76.4. The van der Waals surface area contributed by atoms with Gasteiger partial charge in [0, 0.05) is 216 Å². The summed E-state index contributed by atoms with van der Waals surface area (Å²) in [6.07, 6.45) is 18.3. The van der Waals surface area contributed by atoms with Gasteiger partial charge in [-0.3, -0.25) is 119 Å². The van der Waals surface area contributed by atoms with Gasteiger partial charge in [0.25, 0.3) is 34.1 Å². The summed E-state index contributed by atoms with van der Waals surface area (Å²) in [5.41, 5.74) is 13.0. The maximum absolute atomic E-state index is 12.9. The molecular formula is C99H87F3N18O20. The highest BCUT2D eigenvalue weighted by Gasteiger charge is 2.40. The Bertz CT molecular complexity index is 7190. The first-order chi connectivity index (χ1) is 66.8. The summed E-state index contributed by atoms with van der Waals surface area (Å²) in [4.78, 5) is 170. The molecule has 0 bridgehead atoms. The van der Waals surface area contributed by atoms with Crippen LogP contribution in [0.25, 0.3) is 77.5 Å². The third-order valence-electron chi connectivity index (χ3n) is 24.3. The number of aromatic hydroxyl groups is 1. The second-order valence-corrected chi connectivity index (χ2v) is 33.3. The van der Waals surface area contributed by atoms with E-state index < -0.39 is 41.3 Å². The number of halogens is 3. The Balaban J connectivity index is 0.000000134. The van der Waals surface area contributed by atoms with Crippen molar-refractivity contribution in [1.29, 1.82) is 0 Å². The predicted molar refractivity (Wildman–Crippen MR) is 513 cm³/mol. The molecule has 13 aromatic rings. The topological polar surface area (TPSA) is 487 Å². The van der Waals surface area contributed by atoms with Crippen LogP contribution in [0.3, 0.4) is 0 Å². The van der Waals surface area contributed by atoms with Crippen LogP contribution in [0, 0.1) is 60.7 Å². The molecule has 714 valence electrons. The number of hydrogen-bond acceptors (Lipinski definition) is 26. The van der Waals surface area contributed by atoms with Crippen molar-refractivity contribution in [1.82, 2.24) is 29.9 Å². The van der Waals surface area contributed by atoms with E-state index in [1.165, 1.54) is 99.7 Å². The van der Waals surface area contributed by atoms with E-state index in [9.17, 15) is 108 Å². The number of carbonyl (C=O) groups is 6. The van der Waals surface area contributed by atoms with Crippen molar-refractivity contribution in [3.05, 3.63) is 314 Å². The van der Waals surface area contributed by atoms with E-state index in [2.05, 4.69) is 29.9 Å². The molecule has 6 aromatic heterocycles. The highest BCUT2D eigenvalue weighted by Crippen LogP contribution is 2.48. The van der Waals surface area contributed by atoms with E-state index in [0.717, 1.165) is 83.6 Å². The van der Waals surface area contributed by atoms with Crippen molar-refractivity contribution >= 4 is 114 Å². The number of methoxy groups -OCH3 is 1. The molecule has 41 heteroatoms. The second kappa shape index (κ2) is 41.7. The van der Waals surface area contributed by atoms with Gasteiger partial charge in [-0.1, -0.05) is 36.4 Å². The molecule has 12 heterocycles. The first kappa shape index (κ1) is 98.3. The average Bonchev–Trinajstić information content (AvgIpc) is 0.465. The minimum absolute atomic E-state index is 0.00910. The Morgan fingerprint density at radius 3 is 1.09 bits per heavy atom. The number of nitro benzene ring substituents is 6. The molecule has 6 aliphatic heterocycles. The third-order valence-corrected chi connectivity index (χ3v) is 24.3. The first-order valence-electron chi connectivity index (χ1n) is 43.7. The predicted octanol–water partition coefficient (Wildman–Crippen LogP) is 18.4. The van der Waals surface area contributed by atoms with E-state index in [1.54, 1.807) is 99.9 Å². The standard InChI is InChI=1S/C19H15N3O3.C17H17N3O3.C16H12F3N3O3.C16H15N3O4.C16H15N3O3.C15H13N3O4/c1-21-18(23)7-6-12-8-14(9-17(19(12)21)22(24)25)16-11-20-10-13-4-2-3-5-15(13)16;1-11(2)19-16(21)6-5-12-8-14(13-4-3-7-18-10-13)9-15(17(12)19)20(22)23;1-21-14(23)3-2-9-4-10(6-13(15(9)21)22(24)25)11-5-12(8-20-7-11)16(17,18)19;1-18-15(20)4-3-10-5-11(7-14(16(10)18)19(21)22)12-6-13(23-2)9-17-8-12;1-2-18-15(20)6-5-11-8-13(12-4-3-7-17-10-12)9-14(16(11)18)19(21)22;1-17-14(20)3-2-9-4-10(6-13(15(9)17)18(21)22)11-5-12(19)8-16-7-11/h2-5,8-11H,6-7H2,1H3;3-4,7-11H,5-6H2,1-2H3;4-8H,2-3H2,1H3;5-9H,3-4H2,1-2H3;3-4,7-10H,2,5-6H2,1H3;4-8,19H,2-3H2,1H3. The number of alkyl halides is 3. The van der Waals surface area contributed by atoms with Gasteiger partial charge in [-0.25, -0.2) is 0 Å². The van der Waals surface area contributed by atoms with Crippen molar-refractivity contribution in [3.63, 3.8) is 0 Å². The van der Waals surface area contributed by atoms with Gasteiger partial charge in [0.1, 0.15) is 45.6 Å². The van der Waals surface area contributed by atoms with Crippen molar-refractivity contribution < 1.29 is 81.3 Å². The Morgan fingerprint density at radius 1 is 0.357 bits per heavy atom. The molecule has 140 heavy (non-hydrogen) atoms. The molecule has 0 atom stereocenters. The lowest BCUT2D eigenvalue weighted by Crippen LogP contribution is -2.40. The number of nitro groups is 6. The van der Waals surface area contributed by atoms with Gasteiger partial charge >= 0.3 is 6.18 Å². The van der Waals surface area contributed by atoms with Crippen molar-refractivity contribution in [3.8, 4) is 78.3 Å². The van der Waals surface area contributed by atoms with Gasteiger partial charge in [-0.2, -0.15) is 13.2 Å². The summed E-state index contributed by atoms with van der Waals surface area (Å²) in [7, 11) is 7.69. The quantitative estimate of drug-likeness (QED) is 0.0735. The lowest BCUT2D eigenvalue weighted by Gasteiger charge is -2.32. The molecule has 0 radical (unpaired) electrons. The van der Waals surface area contributed by atoms with Crippen LogP contribution < -0.4 is 34.1 Å². The van der Waals surface area contributed by atoms with Gasteiger partial charge in [0.15, 0.2) is 0 Å². The highest BCUT2D eigenvalue weighted by atomic mass is 19.4. The molecule has 38 nitrogen and oxygen atoms in total. The smallest absolute Gasteiger partial charge is 0.417 e. The second-order valence-electron chi connectivity index (χ2n) is 33.3. The number of hydrogen-bond donors (Lipinski definition) is 1. The number of aromatic nitrogens is 6. The molecule has 0 spiro atoms. The number of ether oxygens (including phenoxy) is 1. The number of amides is 6. The number of fused-ring (bicyclic) bond motifs is 7. The number of carbonyl (C=O) groups excluding carboxylic acids is 6. The number of benzene rings is 7. The lowest BCUT2D eigenvalue weighted by atomic mass is 9.93. The fourth-order valence-corrected chi connectivity index (χ4v) is 17.6. The number of nitrogens with zero attached hydrogens (tertiary/aromatic N) is 18. The molecule has 7 aromatic carbocycles. The summed E-state index contributed by atoms with van der Waals surface area (Å²) < 4.78 is 43.7. The van der Waals surface area contributed by atoms with Gasteiger partial charge in [0.2, 0.25) is 35.4 Å². The van der Waals surface area contributed by atoms with Crippen LogP contribution in [-0.4, -0.2) is 148 Å². The van der Waals surface area contributed by atoms with Crippen LogP contribution in [0.2, 0.25) is 0 Å². The van der Waals surface area contributed by atoms with Crippen molar-refractivity contribution in [2.75, 3.05) is 71.2 Å². The molecule has 0 fully saturated rings. The molecule has 0 saturated heterocycles. The van der Waals surface area contributed by atoms with E-state index in [-0.39, 0.29) is 105 Å². The fraction of sp³-hybridized carbons (Fsp3) is 0.232. The Hall–Kier alpha value is -17.7. The Labute approximate surface area is 794 Å². The number of pyridine rings is 6. The van der Waals surface area contributed by atoms with Crippen LogP contribution in [0.1, 0.15) is 98.2 Å². The van der Waals surface area contributed by atoms with Gasteiger partial charge < -0.3 is 39.2 Å². The normalized spacial score (nSPS) is 13.9. The average molecular weight is 1910 g/mol. The molecular weight excluding hydrogens is 1820 g/mol. The summed E-state index contributed by atoms with van der Waals surface area (Å²) in [6.45, 7) is 5.99. The summed E-state index contributed by atoms with van der Waals surface area (Å²) in [5.74, 6) is -0.157. The van der Waals surface area contributed by atoms with E-state index in [1.807, 2.05) is 87.5 Å². The van der Waals surface area contributed by atoms with Crippen LogP contribution in [0.5, 0.6) is 11.5 Å². The van der Waals surface area contributed by atoms with Gasteiger partial charge in [-0.15, -0.1) is 0 Å². The summed E-state index contributed by atoms with van der Waals surface area (Å²) in [6, 6.07) is 38.9. The SMILES string of the molecule is CC(C)N1C(=O)CCc2cc(-c3cccnc3)cc([N+](=O)[O-])c21.CCN1C(=O)CCc2cc(-c3cccnc3)cc([N+](=O)[O-])c21.CN1C(=O)CCc2cc(-c3cncc(C(F)(F)F)c3)cc([N+](=O)[O-])c21.CN1C(=O)CCc2cc(-c3cncc(O)c3)cc([N+](=O)[O-])c21.CN1C(=O)CCc2cc(-c3cncc4ccccc34)cc([N+](=O)[O-])c21.COc1cncc(-c2cc3c(c([N+](=O)[O-])c2)N(C)C(=O)CC3)c1. The van der Waals surface area contributed by atoms with Crippen molar-refractivity contribution in [2.24, 2.45) is 0 Å². The van der Waals surface area contributed by atoms with Crippen molar-refractivity contribution in [2.45, 2.75) is 110 Å². The minimum Gasteiger partial charge on any atom is -0.506 e. The lowest BCUT2D eigenvalue weighted by molar-refractivity contribution is -0.384. The molecule has 6 amide bonds. The molecule has 6 aliphatic rings. The van der Waals surface area contributed by atoms with Crippen LogP contribution in [0.4, 0.5) is 81.4 Å². The maximum atomic E-state index is 12.9. The first-order valence-corrected chi connectivity index (χ1v) is 43.7. The summed E-state index contributed by atoms with van der Waals surface area (Å²) >= 11 is 0. The van der Waals surface area contributed by atoms with E-state index >= 15 is 0 Å². The zero-order chi connectivity index (χ0) is 101.